The van der Waals surface area contributed by atoms with E-state index in [1.54, 1.807) is 12.1 Å². The van der Waals surface area contributed by atoms with Gasteiger partial charge in [-0.3, -0.25) is 4.79 Å². The van der Waals surface area contributed by atoms with Crippen LogP contribution in [0.2, 0.25) is 0 Å². The lowest BCUT2D eigenvalue weighted by Crippen LogP contribution is -2.36. The van der Waals surface area contributed by atoms with Gasteiger partial charge < -0.3 is 9.47 Å². The second-order valence-electron chi connectivity index (χ2n) is 6.10. The summed E-state index contributed by atoms with van der Waals surface area (Å²) >= 11 is 0. The Labute approximate surface area is 160 Å². The zero-order chi connectivity index (χ0) is 19.9. The third-order valence-corrected chi connectivity index (χ3v) is 5.88. The molecule has 0 fully saturated rings. The molecule has 0 unspecified atom stereocenters. The first-order valence-corrected chi connectivity index (χ1v) is 10.2. The molecule has 0 N–H and O–H groups in total. The zero-order valence-corrected chi connectivity index (χ0v) is 16.7. The highest BCUT2D eigenvalue weighted by Crippen LogP contribution is 2.22. The van der Waals surface area contributed by atoms with Crippen LogP contribution in [-0.4, -0.2) is 39.0 Å². The van der Waals surface area contributed by atoms with Crippen molar-refractivity contribution in [1.82, 2.24) is 4.31 Å². The summed E-state index contributed by atoms with van der Waals surface area (Å²) in [5.41, 5.74) is 1.78. The van der Waals surface area contributed by atoms with Crippen molar-refractivity contribution in [2.24, 2.45) is 0 Å². The van der Waals surface area contributed by atoms with Gasteiger partial charge in [0.15, 0.2) is 0 Å². The fourth-order valence-corrected chi connectivity index (χ4v) is 3.85. The molecule has 0 atom stereocenters. The molecule has 7 heteroatoms. The zero-order valence-electron chi connectivity index (χ0n) is 15.8. The van der Waals surface area contributed by atoms with E-state index in [0.29, 0.717) is 12.4 Å². The number of benzene rings is 2. The second-order valence-corrected chi connectivity index (χ2v) is 8.03. The Hall–Kier alpha value is -2.38. The molecule has 0 saturated heterocycles. The van der Waals surface area contributed by atoms with Crippen molar-refractivity contribution in [3.8, 4) is 5.75 Å². The van der Waals surface area contributed by atoms with E-state index in [2.05, 4.69) is 4.74 Å². The van der Waals surface area contributed by atoms with Crippen molar-refractivity contribution >= 4 is 16.0 Å². The van der Waals surface area contributed by atoms with Crippen molar-refractivity contribution < 1.29 is 22.7 Å². The molecule has 0 spiro atoms. The molecule has 0 aliphatic carbocycles. The summed E-state index contributed by atoms with van der Waals surface area (Å²) in [6.45, 7) is 4.18. The molecule has 0 radical (unpaired) electrons. The molecule has 0 bridgehead atoms. The van der Waals surface area contributed by atoms with Crippen LogP contribution < -0.4 is 4.74 Å². The average molecular weight is 391 g/mol. The molecule has 2 aromatic rings. The molecule has 0 amide bonds. The summed E-state index contributed by atoms with van der Waals surface area (Å²) < 4.78 is 37.5. The van der Waals surface area contributed by atoms with Crippen LogP contribution in [0.5, 0.6) is 5.75 Å². The van der Waals surface area contributed by atoms with Crippen molar-refractivity contribution in [2.75, 3.05) is 20.3 Å². The maximum Gasteiger partial charge on any atom is 0.321 e. The highest BCUT2D eigenvalue weighted by molar-refractivity contribution is 7.89. The first-order valence-electron chi connectivity index (χ1n) is 8.72. The lowest BCUT2D eigenvalue weighted by Gasteiger charge is -2.22. The third-order valence-electron chi connectivity index (χ3n) is 4.08. The largest absolute Gasteiger partial charge is 0.494 e. The number of ether oxygens (including phenoxy) is 2. The van der Waals surface area contributed by atoms with Crippen molar-refractivity contribution in [3.63, 3.8) is 0 Å². The summed E-state index contributed by atoms with van der Waals surface area (Å²) in [4.78, 5) is 11.9. The molecule has 0 aliphatic heterocycles. The monoisotopic (exact) mass is 391 g/mol. The van der Waals surface area contributed by atoms with Crippen LogP contribution in [0.3, 0.4) is 0 Å². The fourth-order valence-electron chi connectivity index (χ4n) is 2.49. The maximum absolute atomic E-state index is 13.1. The lowest BCUT2D eigenvalue weighted by molar-refractivity contribution is -0.140. The quantitative estimate of drug-likeness (QED) is 0.614. The standard InChI is InChI=1S/C20H25NO5S/c1-4-13-26-18-9-11-19(12-10-18)27(23,24)21(15-20(22)25-3)14-17-8-6-5-7-16(17)2/h5-12H,4,13-15H2,1-3H3. The van der Waals surface area contributed by atoms with E-state index >= 15 is 0 Å². The van der Waals surface area contributed by atoms with Crippen molar-refractivity contribution in [3.05, 3.63) is 59.7 Å². The third kappa shape index (κ3) is 5.55. The Balaban J connectivity index is 2.31. The lowest BCUT2D eigenvalue weighted by atomic mass is 10.1. The molecule has 6 nitrogen and oxygen atoms in total. The minimum absolute atomic E-state index is 0.0815. The molecule has 0 heterocycles. The van der Waals surface area contributed by atoms with E-state index in [-0.39, 0.29) is 18.0 Å². The van der Waals surface area contributed by atoms with Crippen LogP contribution in [0.4, 0.5) is 0 Å². The van der Waals surface area contributed by atoms with Gasteiger partial charge in [-0.25, -0.2) is 8.42 Å². The Morgan fingerprint density at radius 3 is 2.33 bits per heavy atom. The number of esters is 1. The second kappa shape index (κ2) is 9.53. The van der Waals surface area contributed by atoms with Gasteiger partial charge in [0, 0.05) is 6.54 Å². The Kier molecular flexibility index (Phi) is 7.38. The molecular weight excluding hydrogens is 366 g/mol. The predicted octanol–water partition coefficient (Wildman–Crippen LogP) is 3.15. The SMILES string of the molecule is CCCOc1ccc(S(=O)(=O)N(CC(=O)OC)Cc2ccccc2C)cc1. The van der Waals surface area contributed by atoms with Gasteiger partial charge in [0.1, 0.15) is 12.3 Å². The van der Waals surface area contributed by atoms with E-state index < -0.39 is 16.0 Å². The van der Waals surface area contributed by atoms with Crippen LogP contribution in [0.1, 0.15) is 24.5 Å². The topological polar surface area (TPSA) is 72.9 Å². The first kappa shape index (κ1) is 20.9. The van der Waals surface area contributed by atoms with Gasteiger partial charge in [0.25, 0.3) is 0 Å². The molecule has 0 saturated carbocycles. The maximum atomic E-state index is 13.1. The molecule has 27 heavy (non-hydrogen) atoms. The first-order chi connectivity index (χ1) is 12.9. The van der Waals surface area contributed by atoms with Crippen LogP contribution in [0, 0.1) is 6.92 Å². The van der Waals surface area contributed by atoms with Gasteiger partial charge in [-0.1, -0.05) is 31.2 Å². The Morgan fingerprint density at radius 1 is 1.07 bits per heavy atom. The number of aryl methyl sites for hydroxylation is 1. The van der Waals surface area contributed by atoms with E-state index in [9.17, 15) is 13.2 Å². The fraction of sp³-hybridized carbons (Fsp3) is 0.350. The average Bonchev–Trinajstić information content (AvgIpc) is 2.67. The Bertz CT molecular complexity index is 862. The van der Waals surface area contributed by atoms with Crippen molar-refractivity contribution in [2.45, 2.75) is 31.7 Å². The molecule has 0 aromatic heterocycles. The van der Waals surface area contributed by atoms with E-state index in [0.717, 1.165) is 21.9 Å². The number of carbonyl (C=O) groups is 1. The van der Waals surface area contributed by atoms with E-state index in [1.807, 2.05) is 38.1 Å². The summed E-state index contributed by atoms with van der Waals surface area (Å²) in [6, 6.07) is 13.7. The Morgan fingerprint density at radius 2 is 1.74 bits per heavy atom. The minimum Gasteiger partial charge on any atom is -0.494 e. The van der Waals surface area contributed by atoms with E-state index in [1.165, 1.54) is 19.2 Å². The normalized spacial score (nSPS) is 11.4. The molecule has 2 rings (SSSR count). The van der Waals surface area contributed by atoms with Crippen LogP contribution in [-0.2, 0) is 26.1 Å². The smallest absolute Gasteiger partial charge is 0.321 e. The summed E-state index contributed by atoms with van der Waals surface area (Å²) in [6.07, 6.45) is 0.864. The number of rotatable bonds is 9. The number of hydrogen-bond acceptors (Lipinski definition) is 5. The predicted molar refractivity (Wildman–Crippen MR) is 103 cm³/mol. The van der Waals surface area contributed by atoms with Crippen LogP contribution in [0.15, 0.2) is 53.4 Å². The van der Waals surface area contributed by atoms with Gasteiger partial charge in [-0.2, -0.15) is 4.31 Å². The summed E-state index contributed by atoms with van der Waals surface area (Å²) in [5, 5.41) is 0. The number of carbonyl (C=O) groups excluding carboxylic acids is 1. The minimum atomic E-state index is -3.88. The van der Waals surface area contributed by atoms with Crippen LogP contribution >= 0.6 is 0 Å². The van der Waals surface area contributed by atoms with Gasteiger partial charge in [0.2, 0.25) is 10.0 Å². The van der Waals surface area contributed by atoms with Gasteiger partial charge in [-0.05, 0) is 48.7 Å². The van der Waals surface area contributed by atoms with Crippen molar-refractivity contribution in [1.29, 1.82) is 0 Å². The molecule has 2 aromatic carbocycles. The highest BCUT2D eigenvalue weighted by Gasteiger charge is 2.27. The van der Waals surface area contributed by atoms with Gasteiger partial charge in [0.05, 0.1) is 18.6 Å². The van der Waals surface area contributed by atoms with Gasteiger partial charge >= 0.3 is 5.97 Å². The number of methoxy groups -OCH3 is 1. The molecule has 146 valence electrons. The summed E-state index contributed by atoms with van der Waals surface area (Å²) in [7, 11) is -2.64. The summed E-state index contributed by atoms with van der Waals surface area (Å²) in [5.74, 6) is -0.00993. The molecule has 0 aliphatic rings. The van der Waals surface area contributed by atoms with Crippen LogP contribution in [0.25, 0.3) is 0 Å². The highest BCUT2D eigenvalue weighted by atomic mass is 32.2. The van der Waals surface area contributed by atoms with E-state index in [4.69, 9.17) is 4.74 Å². The number of nitrogens with zero attached hydrogens (tertiary/aromatic N) is 1. The van der Waals surface area contributed by atoms with Gasteiger partial charge in [-0.15, -0.1) is 0 Å². The molecular formula is C20H25NO5S. The number of hydrogen-bond donors (Lipinski definition) is 0. The number of sulfonamides is 1.